The maximum absolute atomic E-state index is 4.48. The summed E-state index contributed by atoms with van der Waals surface area (Å²) in [6.45, 7) is 6.24. The van der Waals surface area contributed by atoms with E-state index in [9.17, 15) is 0 Å². The van der Waals surface area contributed by atoms with E-state index in [1.165, 1.54) is 40.8 Å². The van der Waals surface area contributed by atoms with Gasteiger partial charge in [-0.15, -0.1) is 0 Å². The van der Waals surface area contributed by atoms with Gasteiger partial charge in [-0.25, -0.2) is 4.68 Å². The number of nitrogens with zero attached hydrogens (tertiary/aromatic N) is 5. The predicted octanol–water partition coefficient (Wildman–Crippen LogP) is 3.39. The van der Waals surface area contributed by atoms with Gasteiger partial charge in [0.15, 0.2) is 0 Å². The number of benzene rings is 1. The molecule has 25 heavy (non-hydrogen) atoms. The minimum atomic E-state index is 0.687. The van der Waals surface area contributed by atoms with E-state index < -0.39 is 0 Å². The highest BCUT2D eigenvalue weighted by Gasteiger charge is 2.30. The molecular weight excluding hydrogens is 310 g/mol. The molecular formula is C20H25N5. The third kappa shape index (κ3) is 3.51. The molecule has 1 aliphatic rings. The molecule has 3 aromatic rings. The second kappa shape index (κ2) is 6.48. The summed E-state index contributed by atoms with van der Waals surface area (Å²) in [5.41, 5.74) is 6.42. The molecule has 1 fully saturated rings. The molecule has 0 saturated heterocycles. The zero-order valence-electron chi connectivity index (χ0n) is 15.2. The van der Waals surface area contributed by atoms with E-state index >= 15 is 0 Å². The minimum absolute atomic E-state index is 0.687. The van der Waals surface area contributed by atoms with Gasteiger partial charge in [-0.2, -0.15) is 10.2 Å². The SMILES string of the molecule is Cc1cc(C)c(-n2cccn2)c(CN(Cc2cnn(C)c2)C2CC2)c1. The van der Waals surface area contributed by atoms with E-state index in [0.717, 1.165) is 13.1 Å². The number of hydrogen-bond acceptors (Lipinski definition) is 3. The molecule has 2 heterocycles. The summed E-state index contributed by atoms with van der Waals surface area (Å²) in [5.74, 6) is 0. The first-order chi connectivity index (χ1) is 12.1. The molecule has 0 spiro atoms. The lowest BCUT2D eigenvalue weighted by Gasteiger charge is -2.24. The molecule has 0 N–H and O–H groups in total. The normalized spacial score (nSPS) is 14.4. The van der Waals surface area contributed by atoms with Crippen LogP contribution < -0.4 is 0 Å². The fourth-order valence-corrected chi connectivity index (χ4v) is 3.66. The minimum Gasteiger partial charge on any atom is -0.292 e. The van der Waals surface area contributed by atoms with E-state index in [1.54, 1.807) is 0 Å². The average molecular weight is 335 g/mol. The third-order valence-electron chi connectivity index (χ3n) is 4.84. The van der Waals surface area contributed by atoms with Crippen molar-refractivity contribution < 1.29 is 0 Å². The molecule has 0 radical (unpaired) electrons. The molecule has 0 amide bonds. The predicted molar refractivity (Wildman–Crippen MR) is 98.5 cm³/mol. The van der Waals surface area contributed by atoms with Crippen molar-refractivity contribution in [1.29, 1.82) is 0 Å². The maximum atomic E-state index is 4.48. The standard InChI is InChI=1S/C20H25N5/c1-15-9-16(2)20(25-8-4-7-21-25)18(10-15)14-24(19-5-6-19)13-17-11-22-23(3)12-17/h4,7-12,19H,5-6,13-14H2,1-3H3. The van der Waals surface area contributed by atoms with E-state index in [4.69, 9.17) is 0 Å². The van der Waals surface area contributed by atoms with Gasteiger partial charge >= 0.3 is 0 Å². The van der Waals surface area contributed by atoms with E-state index in [-0.39, 0.29) is 0 Å². The molecule has 0 aliphatic heterocycles. The lowest BCUT2D eigenvalue weighted by molar-refractivity contribution is 0.245. The molecule has 1 aliphatic carbocycles. The first-order valence-electron chi connectivity index (χ1n) is 8.92. The molecule has 130 valence electrons. The highest BCUT2D eigenvalue weighted by molar-refractivity contribution is 5.49. The molecule has 4 rings (SSSR count). The summed E-state index contributed by atoms with van der Waals surface area (Å²) in [5, 5.41) is 8.80. The zero-order valence-corrected chi connectivity index (χ0v) is 15.2. The van der Waals surface area contributed by atoms with Gasteiger partial charge in [0.1, 0.15) is 0 Å². The fourth-order valence-electron chi connectivity index (χ4n) is 3.66. The highest BCUT2D eigenvalue weighted by atomic mass is 15.3. The molecule has 5 nitrogen and oxygen atoms in total. The molecule has 0 atom stereocenters. The Bertz CT molecular complexity index is 858. The Balaban J connectivity index is 1.66. The van der Waals surface area contributed by atoms with Crippen LogP contribution in [0.25, 0.3) is 5.69 Å². The topological polar surface area (TPSA) is 38.9 Å². The smallest absolute Gasteiger partial charge is 0.0719 e. The van der Waals surface area contributed by atoms with Crippen LogP contribution in [0.3, 0.4) is 0 Å². The summed E-state index contributed by atoms with van der Waals surface area (Å²) in [6, 6.07) is 7.22. The molecule has 5 heteroatoms. The second-order valence-corrected chi connectivity index (χ2v) is 7.20. The third-order valence-corrected chi connectivity index (χ3v) is 4.84. The van der Waals surface area contributed by atoms with Crippen molar-refractivity contribution in [3.63, 3.8) is 0 Å². The number of aromatic nitrogens is 4. The maximum Gasteiger partial charge on any atom is 0.0719 e. The van der Waals surface area contributed by atoms with E-state index in [1.807, 2.05) is 41.1 Å². The zero-order chi connectivity index (χ0) is 17.4. The Morgan fingerprint density at radius 3 is 2.64 bits per heavy atom. The highest BCUT2D eigenvalue weighted by Crippen LogP contribution is 2.32. The van der Waals surface area contributed by atoms with Gasteiger partial charge < -0.3 is 0 Å². The summed E-state index contributed by atoms with van der Waals surface area (Å²) in [7, 11) is 1.98. The van der Waals surface area contributed by atoms with Crippen molar-refractivity contribution >= 4 is 0 Å². The summed E-state index contributed by atoms with van der Waals surface area (Å²) in [4.78, 5) is 2.58. The Labute approximate surface area is 148 Å². The van der Waals surface area contributed by atoms with Crippen LogP contribution in [0.2, 0.25) is 0 Å². The Hall–Kier alpha value is -2.40. The monoisotopic (exact) mass is 335 g/mol. The van der Waals surface area contributed by atoms with Crippen molar-refractivity contribution in [3.05, 3.63) is 65.2 Å². The molecule has 0 bridgehead atoms. The first kappa shape index (κ1) is 16.1. The molecule has 2 aromatic heterocycles. The first-order valence-corrected chi connectivity index (χ1v) is 8.92. The molecule has 1 saturated carbocycles. The van der Waals surface area contributed by atoms with Crippen molar-refractivity contribution in [2.45, 2.75) is 45.8 Å². The van der Waals surface area contributed by atoms with Gasteiger partial charge in [0, 0.05) is 50.3 Å². The van der Waals surface area contributed by atoms with Crippen LogP contribution in [0.5, 0.6) is 0 Å². The van der Waals surface area contributed by atoms with Crippen molar-refractivity contribution in [3.8, 4) is 5.69 Å². The van der Waals surface area contributed by atoms with Crippen LogP contribution in [0.1, 0.15) is 35.1 Å². The summed E-state index contributed by atoms with van der Waals surface area (Å²) < 4.78 is 3.88. The van der Waals surface area contributed by atoms with Crippen LogP contribution in [0.4, 0.5) is 0 Å². The van der Waals surface area contributed by atoms with Gasteiger partial charge in [-0.1, -0.05) is 17.7 Å². The van der Waals surface area contributed by atoms with Gasteiger partial charge in [0.05, 0.1) is 11.9 Å². The van der Waals surface area contributed by atoms with Crippen LogP contribution in [-0.2, 0) is 20.1 Å². The van der Waals surface area contributed by atoms with Crippen LogP contribution in [-0.4, -0.2) is 30.5 Å². The van der Waals surface area contributed by atoms with Gasteiger partial charge in [0.25, 0.3) is 0 Å². The van der Waals surface area contributed by atoms with E-state index in [2.05, 4.69) is 47.3 Å². The fraction of sp³-hybridized carbons (Fsp3) is 0.400. The molecule has 1 aromatic carbocycles. The van der Waals surface area contributed by atoms with Crippen molar-refractivity contribution in [2.75, 3.05) is 0 Å². The molecule has 0 unspecified atom stereocenters. The Kier molecular flexibility index (Phi) is 4.17. The lowest BCUT2D eigenvalue weighted by Crippen LogP contribution is -2.26. The number of hydrogen-bond donors (Lipinski definition) is 0. The largest absolute Gasteiger partial charge is 0.292 e. The second-order valence-electron chi connectivity index (χ2n) is 7.20. The van der Waals surface area contributed by atoms with Crippen LogP contribution in [0.15, 0.2) is 43.0 Å². The average Bonchev–Trinajstić information content (AvgIpc) is 3.11. The quantitative estimate of drug-likeness (QED) is 0.693. The van der Waals surface area contributed by atoms with E-state index in [0.29, 0.717) is 6.04 Å². The number of aryl methyl sites for hydroxylation is 3. The Morgan fingerprint density at radius 1 is 1.16 bits per heavy atom. The van der Waals surface area contributed by atoms with Gasteiger partial charge in [-0.05, 0) is 43.9 Å². The summed E-state index contributed by atoms with van der Waals surface area (Å²) >= 11 is 0. The Morgan fingerprint density at radius 2 is 2.00 bits per heavy atom. The van der Waals surface area contributed by atoms with Gasteiger partial charge in [0.2, 0.25) is 0 Å². The lowest BCUT2D eigenvalue weighted by atomic mass is 10.0. The van der Waals surface area contributed by atoms with Crippen LogP contribution in [0, 0.1) is 13.8 Å². The number of rotatable bonds is 6. The van der Waals surface area contributed by atoms with Gasteiger partial charge in [-0.3, -0.25) is 9.58 Å². The van der Waals surface area contributed by atoms with Crippen LogP contribution >= 0.6 is 0 Å². The van der Waals surface area contributed by atoms with Crippen molar-refractivity contribution in [2.24, 2.45) is 7.05 Å². The summed E-state index contributed by atoms with van der Waals surface area (Å²) in [6.07, 6.45) is 10.6. The van der Waals surface area contributed by atoms with Crippen molar-refractivity contribution in [1.82, 2.24) is 24.5 Å².